The molecule has 10 nitrogen and oxygen atoms in total. The van der Waals surface area contributed by atoms with E-state index < -0.39 is 45.3 Å². The summed E-state index contributed by atoms with van der Waals surface area (Å²) in [6.45, 7) is 7.56. The van der Waals surface area contributed by atoms with Gasteiger partial charge in [-0.2, -0.15) is 0 Å². The van der Waals surface area contributed by atoms with Gasteiger partial charge in [0.1, 0.15) is 5.56 Å². The molecule has 2 heterocycles. The number of carbonyl (C=O) groups is 1. The zero-order chi connectivity index (χ0) is 20.9. The number of benzene rings is 1. The fraction of sp³-hybridized carbons (Fsp3) is 0.375. The molecule has 146 valence electrons. The molecule has 0 N–H and O–H groups in total. The van der Waals surface area contributed by atoms with Crippen molar-refractivity contribution >= 4 is 40.4 Å². The van der Waals surface area contributed by atoms with E-state index in [0.717, 1.165) is 29.5 Å². The lowest BCUT2D eigenvalue weighted by Gasteiger charge is -2.32. The number of nitro groups is 2. The van der Waals surface area contributed by atoms with Gasteiger partial charge in [-0.1, -0.05) is 0 Å². The molecular weight excluding hydrogens is 389 g/mol. The molecule has 1 saturated heterocycles. The van der Waals surface area contributed by atoms with Crippen LogP contribution in [0.3, 0.4) is 0 Å². The Morgan fingerprint density at radius 3 is 2.25 bits per heavy atom. The first kappa shape index (κ1) is 20.0. The number of aromatic nitrogens is 1. The van der Waals surface area contributed by atoms with Crippen LogP contribution >= 0.6 is 11.3 Å². The van der Waals surface area contributed by atoms with Crippen LogP contribution in [-0.2, 0) is 9.31 Å². The highest BCUT2D eigenvalue weighted by Gasteiger charge is 2.52. The molecule has 1 aliphatic heterocycles. The second kappa shape index (κ2) is 6.72. The highest BCUT2D eigenvalue weighted by molar-refractivity contribution is 7.23. The molecular formula is C16H16BN3O7S. The molecule has 0 saturated carbocycles. The topological polar surface area (TPSA) is 135 Å². The maximum Gasteiger partial charge on any atom is 0.507 e. The molecule has 1 aliphatic rings. The van der Waals surface area contributed by atoms with Crippen LogP contribution in [0.1, 0.15) is 43.1 Å². The highest BCUT2D eigenvalue weighted by atomic mass is 32.1. The lowest BCUT2D eigenvalue weighted by Crippen LogP contribution is -2.41. The second-order valence-corrected chi connectivity index (χ2v) is 8.26. The fourth-order valence-electron chi connectivity index (χ4n) is 2.55. The minimum absolute atomic E-state index is 0.00154. The smallest absolute Gasteiger partial charge is 0.399 e. The van der Waals surface area contributed by atoms with Crippen LogP contribution in [0.4, 0.5) is 11.4 Å². The number of ketones is 1. The van der Waals surface area contributed by atoms with Crippen molar-refractivity contribution in [2.24, 2.45) is 0 Å². The van der Waals surface area contributed by atoms with Crippen molar-refractivity contribution in [2.75, 3.05) is 0 Å². The Labute approximate surface area is 163 Å². The van der Waals surface area contributed by atoms with Crippen LogP contribution in [0.15, 0.2) is 24.4 Å². The van der Waals surface area contributed by atoms with Crippen molar-refractivity contribution in [3.05, 3.63) is 55.2 Å². The van der Waals surface area contributed by atoms with E-state index >= 15 is 0 Å². The number of nitro benzene ring substituents is 2. The Bertz CT molecular complexity index is 972. The van der Waals surface area contributed by atoms with Crippen LogP contribution in [0.25, 0.3) is 0 Å². The minimum Gasteiger partial charge on any atom is -0.399 e. The van der Waals surface area contributed by atoms with Gasteiger partial charge >= 0.3 is 7.12 Å². The number of nitrogens with zero attached hydrogens (tertiary/aromatic N) is 3. The Hall–Kier alpha value is -2.70. The van der Waals surface area contributed by atoms with Crippen molar-refractivity contribution in [3.63, 3.8) is 0 Å². The number of non-ortho nitro benzene ring substituents is 1. The van der Waals surface area contributed by atoms with Crippen molar-refractivity contribution in [1.29, 1.82) is 0 Å². The summed E-state index contributed by atoms with van der Waals surface area (Å²) >= 11 is 0.998. The molecule has 12 heteroatoms. The number of hydrogen-bond acceptors (Lipinski definition) is 9. The maximum atomic E-state index is 12.7. The number of carbonyl (C=O) groups excluding carboxylic acids is 1. The Morgan fingerprint density at radius 2 is 1.71 bits per heavy atom. The van der Waals surface area contributed by atoms with Crippen LogP contribution in [0.2, 0.25) is 0 Å². The van der Waals surface area contributed by atoms with Gasteiger partial charge in [-0.3, -0.25) is 25.0 Å². The fourth-order valence-corrected chi connectivity index (χ4v) is 3.38. The lowest BCUT2D eigenvalue weighted by molar-refractivity contribution is -0.394. The predicted octanol–water partition coefficient (Wildman–Crippen LogP) is 2.49. The van der Waals surface area contributed by atoms with Gasteiger partial charge in [-0.25, -0.2) is 4.98 Å². The van der Waals surface area contributed by atoms with Crippen LogP contribution in [0, 0.1) is 20.2 Å². The van der Waals surface area contributed by atoms with Gasteiger partial charge in [-0.15, -0.1) is 11.3 Å². The number of rotatable bonds is 5. The summed E-state index contributed by atoms with van der Waals surface area (Å²) in [5.74, 6) is -0.700. The third-order valence-electron chi connectivity index (χ3n) is 4.84. The second-order valence-electron chi connectivity index (χ2n) is 7.20. The van der Waals surface area contributed by atoms with E-state index in [1.165, 1.54) is 6.20 Å². The average Bonchev–Trinajstić information content (AvgIpc) is 3.16. The van der Waals surface area contributed by atoms with E-state index in [0.29, 0.717) is 4.78 Å². The van der Waals surface area contributed by atoms with Gasteiger partial charge in [0.15, 0.2) is 5.01 Å². The third kappa shape index (κ3) is 3.41. The standard InChI is InChI=1S/C16H16BN3O7S/c1-15(2)16(3,4)27-17(26-15)12-8-18-14(28-12)13(21)10-6-5-9(19(22)23)7-11(10)20(24)25/h5-8H,1-4H3. The summed E-state index contributed by atoms with van der Waals surface area (Å²) in [5.41, 5.74) is -2.52. The van der Waals surface area contributed by atoms with Crippen molar-refractivity contribution in [3.8, 4) is 0 Å². The number of hydrogen-bond donors (Lipinski definition) is 0. The molecule has 0 spiro atoms. The Kier molecular flexibility index (Phi) is 4.82. The molecule has 2 aromatic rings. The molecule has 1 aromatic heterocycles. The largest absolute Gasteiger partial charge is 0.507 e. The quantitative estimate of drug-likeness (QED) is 0.320. The van der Waals surface area contributed by atoms with Gasteiger partial charge in [-0.05, 0) is 33.8 Å². The van der Waals surface area contributed by atoms with Gasteiger partial charge in [0.25, 0.3) is 11.4 Å². The van der Waals surface area contributed by atoms with Crippen molar-refractivity contribution in [2.45, 2.75) is 38.9 Å². The lowest BCUT2D eigenvalue weighted by atomic mass is 9.89. The first-order chi connectivity index (χ1) is 12.9. The normalized spacial score (nSPS) is 17.5. The monoisotopic (exact) mass is 405 g/mol. The molecule has 0 amide bonds. The first-order valence-electron chi connectivity index (χ1n) is 8.22. The Balaban J connectivity index is 1.92. The minimum atomic E-state index is -0.830. The maximum absolute atomic E-state index is 12.7. The molecule has 0 aliphatic carbocycles. The van der Waals surface area contributed by atoms with Crippen molar-refractivity contribution < 1.29 is 23.9 Å². The molecule has 1 aromatic carbocycles. The molecule has 0 unspecified atom stereocenters. The van der Waals surface area contributed by atoms with Crippen LogP contribution in [0.5, 0.6) is 0 Å². The van der Waals surface area contributed by atoms with Crippen molar-refractivity contribution in [1.82, 2.24) is 4.98 Å². The molecule has 3 rings (SSSR count). The zero-order valence-corrected chi connectivity index (χ0v) is 16.3. The molecule has 0 bridgehead atoms. The Morgan fingerprint density at radius 1 is 1.11 bits per heavy atom. The third-order valence-corrected chi connectivity index (χ3v) is 5.85. The first-order valence-corrected chi connectivity index (χ1v) is 9.03. The summed E-state index contributed by atoms with van der Waals surface area (Å²) in [7, 11) is -0.712. The summed E-state index contributed by atoms with van der Waals surface area (Å²) in [5, 5.41) is 22.1. The summed E-state index contributed by atoms with van der Waals surface area (Å²) in [4.78, 5) is 37.3. The van der Waals surface area contributed by atoms with E-state index in [4.69, 9.17) is 9.31 Å². The molecule has 28 heavy (non-hydrogen) atoms. The SMILES string of the molecule is CC1(C)OB(c2cnc(C(=O)c3ccc([N+](=O)[O-])cc3[N+](=O)[O-])s2)OC1(C)C. The molecule has 0 radical (unpaired) electrons. The van der Waals surface area contributed by atoms with Crippen LogP contribution in [-0.4, -0.2) is 38.9 Å². The summed E-state index contributed by atoms with van der Waals surface area (Å²) in [6, 6.07) is 2.87. The average molecular weight is 405 g/mol. The summed E-state index contributed by atoms with van der Waals surface area (Å²) < 4.78 is 12.4. The predicted molar refractivity (Wildman–Crippen MR) is 101 cm³/mol. The van der Waals surface area contributed by atoms with Gasteiger partial charge < -0.3 is 9.31 Å². The van der Waals surface area contributed by atoms with E-state index in [-0.39, 0.29) is 10.6 Å². The van der Waals surface area contributed by atoms with Gasteiger partial charge in [0.2, 0.25) is 5.78 Å². The highest BCUT2D eigenvalue weighted by Crippen LogP contribution is 2.37. The molecule has 1 fully saturated rings. The summed E-state index contributed by atoms with van der Waals surface area (Å²) in [6.07, 6.45) is 1.43. The van der Waals surface area contributed by atoms with E-state index in [2.05, 4.69) is 4.98 Å². The van der Waals surface area contributed by atoms with E-state index in [1.54, 1.807) is 0 Å². The molecule has 0 atom stereocenters. The van der Waals surface area contributed by atoms with Gasteiger partial charge in [0.05, 0.1) is 31.9 Å². The van der Waals surface area contributed by atoms with Gasteiger partial charge in [0, 0.05) is 12.3 Å². The zero-order valence-electron chi connectivity index (χ0n) is 15.5. The van der Waals surface area contributed by atoms with E-state index in [1.807, 2.05) is 27.7 Å². The van der Waals surface area contributed by atoms with Crippen LogP contribution < -0.4 is 4.78 Å². The number of thiazole rings is 1. The van der Waals surface area contributed by atoms with E-state index in [9.17, 15) is 25.0 Å².